The van der Waals surface area contributed by atoms with Crippen molar-refractivity contribution in [2.24, 2.45) is 0 Å². The summed E-state index contributed by atoms with van der Waals surface area (Å²) in [5, 5.41) is 4.44. The Labute approximate surface area is 143 Å². The van der Waals surface area contributed by atoms with Gasteiger partial charge in [-0.25, -0.2) is 9.97 Å². The fourth-order valence-electron chi connectivity index (χ4n) is 2.33. The topological polar surface area (TPSA) is 94.0 Å². The molecule has 0 saturated carbocycles. The molecule has 3 rings (SSSR count). The van der Waals surface area contributed by atoms with Crippen LogP contribution >= 0.6 is 11.8 Å². The summed E-state index contributed by atoms with van der Waals surface area (Å²) in [6, 6.07) is 11.2. The Morgan fingerprint density at radius 1 is 1.33 bits per heavy atom. The van der Waals surface area contributed by atoms with E-state index in [1.165, 1.54) is 11.8 Å². The maximum atomic E-state index is 12.1. The largest absolute Gasteiger partial charge is 0.459 e. The van der Waals surface area contributed by atoms with Crippen LogP contribution in [0.3, 0.4) is 0 Å². The number of nitrogens with one attached hydrogen (secondary N) is 1. The predicted molar refractivity (Wildman–Crippen MR) is 94.7 cm³/mol. The second kappa shape index (κ2) is 6.92. The number of carbonyl (C=O) groups is 1. The molecular weight excluding hydrogens is 324 g/mol. The molecule has 0 bridgehead atoms. The molecule has 3 aromatic rings. The molecule has 0 radical (unpaired) electrons. The first-order chi connectivity index (χ1) is 11.5. The van der Waals surface area contributed by atoms with Crippen LogP contribution in [-0.2, 0) is 4.79 Å². The fraction of sp³-hybridized carbons (Fsp3) is 0.235. The van der Waals surface area contributed by atoms with Gasteiger partial charge in [0.05, 0.1) is 11.8 Å². The number of carbonyl (C=O) groups excluding carboxylic acids is 1. The lowest BCUT2D eigenvalue weighted by atomic mass is 10.2. The molecule has 2 aromatic heterocycles. The number of hydrogen-bond donors (Lipinski definition) is 2. The van der Waals surface area contributed by atoms with Gasteiger partial charge in [0, 0.05) is 17.1 Å². The molecule has 0 aliphatic rings. The Kier molecular flexibility index (Phi) is 4.71. The molecule has 0 saturated heterocycles. The number of nitrogens with zero attached hydrogens (tertiary/aromatic N) is 2. The van der Waals surface area contributed by atoms with E-state index in [0.29, 0.717) is 11.0 Å². The number of nitrogens with two attached hydrogens (primary N) is 1. The van der Waals surface area contributed by atoms with E-state index in [4.69, 9.17) is 10.2 Å². The number of amides is 1. The molecule has 6 nitrogen and oxygen atoms in total. The molecule has 2 heterocycles. The van der Waals surface area contributed by atoms with Crippen LogP contribution in [0.15, 0.2) is 46.0 Å². The number of aromatic nitrogens is 2. The van der Waals surface area contributed by atoms with E-state index in [1.807, 2.05) is 44.2 Å². The zero-order valence-electron chi connectivity index (χ0n) is 13.4. The van der Waals surface area contributed by atoms with Gasteiger partial charge in [0.15, 0.2) is 5.16 Å². The molecule has 24 heavy (non-hydrogen) atoms. The number of para-hydroxylation sites is 1. The van der Waals surface area contributed by atoms with Crippen molar-refractivity contribution in [2.75, 3.05) is 11.5 Å². The zero-order chi connectivity index (χ0) is 17.1. The number of benzene rings is 1. The van der Waals surface area contributed by atoms with Gasteiger partial charge in [-0.15, -0.1) is 0 Å². The lowest BCUT2D eigenvalue weighted by molar-refractivity contribution is -0.119. The van der Waals surface area contributed by atoms with Crippen LogP contribution in [0.4, 0.5) is 5.82 Å². The highest BCUT2D eigenvalue weighted by Gasteiger charge is 2.15. The van der Waals surface area contributed by atoms with Crippen LogP contribution in [0.5, 0.6) is 0 Å². The lowest BCUT2D eigenvalue weighted by Crippen LogP contribution is -2.28. The van der Waals surface area contributed by atoms with E-state index in [-0.39, 0.29) is 17.7 Å². The number of fused-ring (bicyclic) bond motifs is 1. The number of nitrogen functional groups attached to an aromatic ring is 1. The molecule has 0 aliphatic heterocycles. The SMILES string of the molecule is Cc1cc(N)nc(SCC(=O)NC(C)c2cc3ccccc3o2)n1. The minimum Gasteiger partial charge on any atom is -0.459 e. The average molecular weight is 342 g/mol. The van der Waals surface area contributed by atoms with E-state index in [1.54, 1.807) is 6.07 Å². The Morgan fingerprint density at radius 3 is 2.88 bits per heavy atom. The number of aryl methyl sites for hydroxylation is 1. The molecule has 1 unspecified atom stereocenters. The molecule has 0 spiro atoms. The number of thioether (sulfide) groups is 1. The second-order valence-electron chi connectivity index (χ2n) is 5.48. The average Bonchev–Trinajstić information content (AvgIpc) is 2.96. The molecule has 1 amide bonds. The molecule has 0 aliphatic carbocycles. The third kappa shape index (κ3) is 3.86. The van der Waals surface area contributed by atoms with Gasteiger partial charge in [0.2, 0.25) is 5.91 Å². The van der Waals surface area contributed by atoms with Crippen molar-refractivity contribution < 1.29 is 9.21 Å². The summed E-state index contributed by atoms with van der Waals surface area (Å²) >= 11 is 1.25. The molecule has 7 heteroatoms. The Morgan fingerprint density at radius 2 is 2.12 bits per heavy atom. The fourth-order valence-corrected chi connectivity index (χ4v) is 3.05. The van der Waals surface area contributed by atoms with Gasteiger partial charge in [-0.1, -0.05) is 30.0 Å². The van der Waals surface area contributed by atoms with Crippen LogP contribution in [0.2, 0.25) is 0 Å². The summed E-state index contributed by atoms with van der Waals surface area (Å²) < 4.78 is 5.76. The van der Waals surface area contributed by atoms with Crippen molar-refractivity contribution in [3.8, 4) is 0 Å². The van der Waals surface area contributed by atoms with Gasteiger partial charge in [-0.05, 0) is 26.0 Å². The van der Waals surface area contributed by atoms with Crippen molar-refractivity contribution in [1.29, 1.82) is 0 Å². The van der Waals surface area contributed by atoms with E-state index >= 15 is 0 Å². The van der Waals surface area contributed by atoms with Gasteiger partial charge in [0.25, 0.3) is 0 Å². The van der Waals surface area contributed by atoms with Crippen LogP contribution in [0.25, 0.3) is 11.0 Å². The Hall–Kier alpha value is -2.54. The molecule has 3 N–H and O–H groups in total. The zero-order valence-corrected chi connectivity index (χ0v) is 14.3. The van der Waals surface area contributed by atoms with Crippen molar-refractivity contribution in [1.82, 2.24) is 15.3 Å². The van der Waals surface area contributed by atoms with E-state index < -0.39 is 0 Å². The summed E-state index contributed by atoms with van der Waals surface area (Å²) in [5.41, 5.74) is 7.27. The molecule has 1 atom stereocenters. The van der Waals surface area contributed by atoms with Crippen molar-refractivity contribution in [2.45, 2.75) is 25.0 Å². The van der Waals surface area contributed by atoms with Gasteiger partial charge in [0.1, 0.15) is 17.2 Å². The summed E-state index contributed by atoms with van der Waals surface area (Å²) in [7, 11) is 0. The highest BCUT2D eigenvalue weighted by Crippen LogP contribution is 2.23. The van der Waals surface area contributed by atoms with Crippen LogP contribution in [0, 0.1) is 6.92 Å². The number of hydrogen-bond acceptors (Lipinski definition) is 6. The van der Waals surface area contributed by atoms with Crippen molar-refractivity contribution >= 4 is 34.5 Å². The summed E-state index contributed by atoms with van der Waals surface area (Å²) in [6.07, 6.45) is 0. The summed E-state index contributed by atoms with van der Waals surface area (Å²) in [6.45, 7) is 3.73. The third-order valence-electron chi connectivity index (χ3n) is 3.43. The minimum absolute atomic E-state index is 0.114. The van der Waals surface area contributed by atoms with Gasteiger partial charge < -0.3 is 15.5 Å². The first-order valence-corrected chi connectivity index (χ1v) is 8.51. The van der Waals surface area contributed by atoms with Gasteiger partial charge >= 0.3 is 0 Å². The number of anilines is 1. The normalized spacial score (nSPS) is 12.2. The monoisotopic (exact) mass is 342 g/mol. The first-order valence-electron chi connectivity index (χ1n) is 7.53. The van der Waals surface area contributed by atoms with Gasteiger partial charge in [-0.3, -0.25) is 4.79 Å². The predicted octanol–water partition coefficient (Wildman–Crippen LogP) is 3.08. The van der Waals surface area contributed by atoms with Crippen LogP contribution < -0.4 is 11.1 Å². The summed E-state index contributed by atoms with van der Waals surface area (Å²) in [4.78, 5) is 20.5. The first kappa shape index (κ1) is 16.3. The van der Waals surface area contributed by atoms with Crippen LogP contribution in [0.1, 0.15) is 24.4 Å². The van der Waals surface area contributed by atoms with Crippen molar-refractivity contribution in [3.05, 3.63) is 47.9 Å². The number of rotatable bonds is 5. The van der Waals surface area contributed by atoms with Crippen molar-refractivity contribution in [3.63, 3.8) is 0 Å². The lowest BCUT2D eigenvalue weighted by Gasteiger charge is -2.11. The Balaban J connectivity index is 1.59. The second-order valence-corrected chi connectivity index (χ2v) is 6.42. The van der Waals surface area contributed by atoms with E-state index in [9.17, 15) is 4.79 Å². The molecule has 124 valence electrons. The maximum Gasteiger partial charge on any atom is 0.231 e. The van der Waals surface area contributed by atoms with Crippen LogP contribution in [-0.4, -0.2) is 21.6 Å². The molecule has 1 aromatic carbocycles. The quantitative estimate of drug-likeness (QED) is 0.546. The third-order valence-corrected chi connectivity index (χ3v) is 4.28. The smallest absolute Gasteiger partial charge is 0.231 e. The molecular formula is C17H18N4O2S. The summed E-state index contributed by atoms with van der Waals surface area (Å²) in [5.74, 6) is 1.23. The highest BCUT2D eigenvalue weighted by molar-refractivity contribution is 7.99. The molecule has 0 fully saturated rings. The van der Waals surface area contributed by atoms with Gasteiger partial charge in [-0.2, -0.15) is 0 Å². The van der Waals surface area contributed by atoms with E-state index in [2.05, 4.69) is 15.3 Å². The minimum atomic E-state index is -0.214. The number of furan rings is 1. The van der Waals surface area contributed by atoms with E-state index in [0.717, 1.165) is 22.4 Å². The standard InChI is InChI=1S/C17H18N4O2S/c1-10-7-15(18)21-17(19-10)24-9-16(22)20-11(2)14-8-12-5-3-4-6-13(12)23-14/h3-8,11H,9H2,1-2H3,(H,20,22)(H2,18,19,21). The Bertz CT molecular complexity index is 825. The highest BCUT2D eigenvalue weighted by atomic mass is 32.2. The maximum absolute atomic E-state index is 12.1.